The predicted octanol–water partition coefficient (Wildman–Crippen LogP) is 3.18. The molecule has 0 bridgehead atoms. The molecule has 0 spiro atoms. The topological polar surface area (TPSA) is 84.9 Å². The van der Waals surface area contributed by atoms with Crippen molar-refractivity contribution >= 4 is 31.9 Å². The molecule has 1 N–H and O–H groups in total. The van der Waals surface area contributed by atoms with Gasteiger partial charge in [-0.05, 0) is 49.2 Å². The first-order chi connectivity index (χ1) is 14.4. The Bertz CT molecular complexity index is 973. The van der Waals surface area contributed by atoms with Crippen molar-refractivity contribution < 1.29 is 22.7 Å². The lowest BCUT2D eigenvalue weighted by Crippen LogP contribution is -2.45. The molecule has 2 aromatic carbocycles. The summed E-state index contributed by atoms with van der Waals surface area (Å²) in [6.07, 6.45) is 1.27. The minimum absolute atomic E-state index is 0.160. The zero-order valence-electron chi connectivity index (χ0n) is 16.9. The van der Waals surface area contributed by atoms with Gasteiger partial charge in [0, 0.05) is 17.6 Å². The Morgan fingerprint density at radius 2 is 1.77 bits per heavy atom. The lowest BCUT2D eigenvalue weighted by atomic mass is 9.98. The van der Waals surface area contributed by atoms with Crippen LogP contribution < -0.4 is 14.8 Å². The van der Waals surface area contributed by atoms with Gasteiger partial charge in [0.25, 0.3) is 0 Å². The Morgan fingerprint density at radius 1 is 1.13 bits per heavy atom. The van der Waals surface area contributed by atoms with Gasteiger partial charge in [-0.15, -0.1) is 0 Å². The molecule has 30 heavy (non-hydrogen) atoms. The molecule has 1 atom stereocenters. The molecule has 1 saturated heterocycles. The van der Waals surface area contributed by atoms with E-state index in [0.29, 0.717) is 30.9 Å². The van der Waals surface area contributed by atoms with Crippen LogP contribution in [0.1, 0.15) is 18.4 Å². The van der Waals surface area contributed by atoms with Gasteiger partial charge in [0.15, 0.2) is 0 Å². The summed E-state index contributed by atoms with van der Waals surface area (Å²) < 4.78 is 38.8. The van der Waals surface area contributed by atoms with E-state index < -0.39 is 15.9 Å². The van der Waals surface area contributed by atoms with Crippen LogP contribution in [0.4, 0.5) is 0 Å². The number of halogens is 1. The normalized spacial score (nSPS) is 17.4. The zero-order valence-corrected chi connectivity index (χ0v) is 19.3. The van der Waals surface area contributed by atoms with Crippen molar-refractivity contribution in [3.8, 4) is 11.5 Å². The number of nitrogens with zero attached hydrogens (tertiary/aromatic N) is 1. The number of carbonyl (C=O) groups is 1. The Morgan fingerprint density at radius 3 is 2.37 bits per heavy atom. The quantitative estimate of drug-likeness (QED) is 0.636. The molecule has 0 saturated carbocycles. The van der Waals surface area contributed by atoms with Crippen molar-refractivity contribution in [2.45, 2.75) is 24.3 Å². The highest BCUT2D eigenvalue weighted by molar-refractivity contribution is 9.10. The van der Waals surface area contributed by atoms with Crippen molar-refractivity contribution in [1.29, 1.82) is 0 Å². The van der Waals surface area contributed by atoms with Crippen LogP contribution in [0.2, 0.25) is 0 Å². The van der Waals surface area contributed by atoms with Crippen molar-refractivity contribution in [1.82, 2.24) is 9.62 Å². The summed E-state index contributed by atoms with van der Waals surface area (Å²) in [5.74, 6) is 0.652. The second-order valence-corrected chi connectivity index (χ2v) is 9.87. The summed E-state index contributed by atoms with van der Waals surface area (Å²) >= 11 is 3.31. The van der Waals surface area contributed by atoms with Crippen LogP contribution in [0, 0.1) is 5.92 Å². The van der Waals surface area contributed by atoms with E-state index >= 15 is 0 Å². The summed E-state index contributed by atoms with van der Waals surface area (Å²) in [4.78, 5) is 13.0. The number of piperidine rings is 1. The zero-order chi connectivity index (χ0) is 21.7. The minimum atomic E-state index is -3.64. The molecule has 1 aliphatic rings. The number of hydrogen-bond acceptors (Lipinski definition) is 5. The van der Waals surface area contributed by atoms with E-state index in [-0.39, 0.29) is 23.9 Å². The molecule has 0 radical (unpaired) electrons. The highest BCUT2D eigenvalue weighted by atomic mass is 79.9. The number of benzene rings is 2. The maximum atomic E-state index is 13.0. The smallest absolute Gasteiger partial charge is 0.243 e. The Balaban J connectivity index is 1.69. The van der Waals surface area contributed by atoms with Gasteiger partial charge in [-0.1, -0.05) is 22.0 Å². The van der Waals surface area contributed by atoms with Gasteiger partial charge < -0.3 is 14.8 Å². The number of nitrogens with one attached hydrogen (secondary N) is 1. The molecular formula is C21H25BrN2O5S. The van der Waals surface area contributed by atoms with E-state index in [1.165, 1.54) is 4.31 Å². The van der Waals surface area contributed by atoms with E-state index in [9.17, 15) is 13.2 Å². The third-order valence-corrected chi connectivity index (χ3v) is 7.58. The highest BCUT2D eigenvalue weighted by Gasteiger charge is 2.33. The minimum Gasteiger partial charge on any atom is -0.496 e. The Hall–Kier alpha value is -2.10. The van der Waals surface area contributed by atoms with Gasteiger partial charge in [-0.25, -0.2) is 8.42 Å². The molecule has 0 aromatic heterocycles. The predicted molar refractivity (Wildman–Crippen MR) is 117 cm³/mol. The van der Waals surface area contributed by atoms with Gasteiger partial charge in [-0.2, -0.15) is 4.31 Å². The van der Waals surface area contributed by atoms with E-state index in [1.54, 1.807) is 50.6 Å². The summed E-state index contributed by atoms with van der Waals surface area (Å²) in [5.41, 5.74) is 0.742. The molecule has 0 unspecified atom stereocenters. The van der Waals surface area contributed by atoms with Crippen LogP contribution >= 0.6 is 15.9 Å². The number of carbonyl (C=O) groups excluding carboxylic acids is 1. The molecule has 0 aliphatic carbocycles. The standard InChI is InChI=1S/C21H25BrN2O5S/c1-28-19-6-3-7-20(29-2)18(19)13-23-21(25)15-5-4-12-24(14-15)30(26,27)17-10-8-16(22)9-11-17/h3,6-11,15H,4-5,12-14H2,1-2H3,(H,23,25)/t15-/m1/s1. The third-order valence-electron chi connectivity index (χ3n) is 5.18. The van der Waals surface area contributed by atoms with Crippen molar-refractivity contribution in [3.05, 3.63) is 52.5 Å². The SMILES string of the molecule is COc1cccc(OC)c1CNC(=O)[C@@H]1CCCN(S(=O)(=O)c2ccc(Br)cc2)C1. The monoisotopic (exact) mass is 496 g/mol. The van der Waals surface area contributed by atoms with Crippen LogP contribution in [-0.2, 0) is 21.4 Å². The maximum absolute atomic E-state index is 13.0. The van der Waals surface area contributed by atoms with Gasteiger partial charge in [0.2, 0.25) is 15.9 Å². The molecule has 1 fully saturated rings. The fraction of sp³-hybridized carbons (Fsp3) is 0.381. The average Bonchev–Trinajstić information content (AvgIpc) is 2.77. The largest absolute Gasteiger partial charge is 0.496 e. The second-order valence-electron chi connectivity index (χ2n) is 7.02. The molecule has 7 nitrogen and oxygen atoms in total. The van der Waals surface area contributed by atoms with Crippen molar-refractivity contribution in [3.63, 3.8) is 0 Å². The molecule has 162 valence electrons. The lowest BCUT2D eigenvalue weighted by Gasteiger charge is -2.31. The van der Waals surface area contributed by atoms with Gasteiger partial charge in [-0.3, -0.25) is 4.79 Å². The second kappa shape index (κ2) is 9.80. The first-order valence-corrected chi connectivity index (χ1v) is 11.8. The van der Waals surface area contributed by atoms with Crippen LogP contribution in [0.3, 0.4) is 0 Å². The summed E-state index contributed by atoms with van der Waals surface area (Å²) in [6.45, 7) is 0.803. The summed E-state index contributed by atoms with van der Waals surface area (Å²) in [5, 5.41) is 2.91. The number of hydrogen-bond donors (Lipinski definition) is 1. The Labute approximate surface area is 185 Å². The van der Waals surface area contributed by atoms with Crippen molar-refractivity contribution in [2.75, 3.05) is 27.3 Å². The molecule has 1 amide bonds. The first-order valence-electron chi connectivity index (χ1n) is 9.60. The number of rotatable bonds is 7. The van der Waals surface area contributed by atoms with Gasteiger partial charge in [0.05, 0.1) is 37.1 Å². The van der Waals surface area contributed by atoms with Crippen LogP contribution in [-0.4, -0.2) is 45.9 Å². The fourth-order valence-corrected chi connectivity index (χ4v) is 5.34. The molecular weight excluding hydrogens is 472 g/mol. The van der Waals surface area contributed by atoms with Crippen LogP contribution in [0.25, 0.3) is 0 Å². The van der Waals surface area contributed by atoms with E-state index in [4.69, 9.17) is 9.47 Å². The third kappa shape index (κ3) is 4.96. The molecule has 9 heteroatoms. The maximum Gasteiger partial charge on any atom is 0.243 e. The van der Waals surface area contributed by atoms with Crippen molar-refractivity contribution in [2.24, 2.45) is 5.92 Å². The number of ether oxygens (including phenoxy) is 2. The number of sulfonamides is 1. The lowest BCUT2D eigenvalue weighted by molar-refractivity contribution is -0.126. The highest BCUT2D eigenvalue weighted by Crippen LogP contribution is 2.29. The molecule has 3 rings (SSSR count). The fourth-order valence-electron chi connectivity index (χ4n) is 3.55. The number of amides is 1. The van der Waals surface area contributed by atoms with Crippen LogP contribution in [0.15, 0.2) is 51.8 Å². The first kappa shape index (κ1) is 22.6. The van der Waals surface area contributed by atoms with Gasteiger partial charge in [0.1, 0.15) is 11.5 Å². The van der Waals surface area contributed by atoms with E-state index in [1.807, 2.05) is 6.07 Å². The van der Waals surface area contributed by atoms with E-state index in [2.05, 4.69) is 21.2 Å². The number of methoxy groups -OCH3 is 2. The summed E-state index contributed by atoms with van der Waals surface area (Å²) in [7, 11) is -0.518. The Kier molecular flexibility index (Phi) is 7.38. The van der Waals surface area contributed by atoms with E-state index in [0.717, 1.165) is 10.0 Å². The van der Waals surface area contributed by atoms with Crippen LogP contribution in [0.5, 0.6) is 11.5 Å². The average molecular weight is 497 g/mol. The van der Waals surface area contributed by atoms with Gasteiger partial charge >= 0.3 is 0 Å². The molecule has 1 heterocycles. The molecule has 2 aromatic rings. The summed E-state index contributed by atoms with van der Waals surface area (Å²) in [6, 6.07) is 11.9. The molecule has 1 aliphatic heterocycles.